The molecule has 1 saturated carbocycles. The molecule has 0 aromatic heterocycles. The van der Waals surface area contributed by atoms with Crippen LogP contribution in [0.3, 0.4) is 0 Å². The predicted octanol–water partition coefficient (Wildman–Crippen LogP) is 1.39. The highest BCUT2D eigenvalue weighted by Gasteiger charge is 2.27. The van der Waals surface area contributed by atoms with Crippen molar-refractivity contribution >= 4 is 17.7 Å². The molecule has 0 aromatic rings. The van der Waals surface area contributed by atoms with E-state index >= 15 is 0 Å². The fraction of sp³-hybridized carbons (Fsp3) is 0.909. The first-order valence-electron chi connectivity index (χ1n) is 5.89. The number of hydrogen-bond acceptors (Lipinski definition) is 3. The van der Waals surface area contributed by atoms with E-state index in [1.165, 1.54) is 12.8 Å². The van der Waals surface area contributed by atoms with Crippen molar-refractivity contribution in [1.82, 2.24) is 10.6 Å². The Hall–Kier alpha value is -0.220. The van der Waals surface area contributed by atoms with Crippen LogP contribution in [-0.4, -0.2) is 36.0 Å². The van der Waals surface area contributed by atoms with E-state index in [0.29, 0.717) is 17.8 Å². The zero-order valence-electron chi connectivity index (χ0n) is 9.71. The summed E-state index contributed by atoms with van der Waals surface area (Å²) in [6.07, 6.45) is 3.66. The van der Waals surface area contributed by atoms with Gasteiger partial charge < -0.3 is 10.6 Å². The molecule has 1 rings (SSSR count). The molecule has 2 N–H and O–H groups in total. The average Bonchev–Trinajstić information content (AvgIpc) is 2.63. The van der Waals surface area contributed by atoms with Crippen LogP contribution in [0.5, 0.6) is 0 Å². The second kappa shape index (κ2) is 7.12. The number of likely N-dealkylation sites (N-methyl/N-ethyl adjacent to an activating group) is 1. The maximum absolute atomic E-state index is 11.5. The zero-order chi connectivity index (χ0) is 11.1. The lowest BCUT2D eigenvalue weighted by Gasteiger charge is -2.20. The first-order valence-corrected chi connectivity index (χ1v) is 6.94. The largest absolute Gasteiger partial charge is 0.351 e. The third-order valence-corrected chi connectivity index (χ3v) is 4.04. The van der Waals surface area contributed by atoms with E-state index in [0.717, 1.165) is 18.7 Å². The minimum atomic E-state index is 0.144. The highest BCUT2D eigenvalue weighted by atomic mass is 32.2. The van der Waals surface area contributed by atoms with E-state index in [9.17, 15) is 4.79 Å². The molecule has 1 aliphatic rings. The van der Waals surface area contributed by atoms with Crippen molar-refractivity contribution in [3.63, 3.8) is 0 Å². The molecule has 88 valence electrons. The first-order chi connectivity index (χ1) is 7.27. The maximum Gasteiger partial charge on any atom is 0.234 e. The van der Waals surface area contributed by atoms with E-state index < -0.39 is 0 Å². The minimum Gasteiger partial charge on any atom is -0.351 e. The SMILES string of the molecule is CCNCC(=O)NC1CCCC1SCC. The van der Waals surface area contributed by atoms with Crippen LogP contribution >= 0.6 is 11.8 Å². The van der Waals surface area contributed by atoms with Gasteiger partial charge in [-0.3, -0.25) is 4.79 Å². The van der Waals surface area contributed by atoms with E-state index in [4.69, 9.17) is 0 Å². The molecule has 1 aliphatic carbocycles. The average molecular weight is 230 g/mol. The van der Waals surface area contributed by atoms with Gasteiger partial charge >= 0.3 is 0 Å². The Balaban J connectivity index is 2.26. The van der Waals surface area contributed by atoms with Crippen LogP contribution in [-0.2, 0) is 4.79 Å². The minimum absolute atomic E-state index is 0.144. The van der Waals surface area contributed by atoms with E-state index in [-0.39, 0.29) is 5.91 Å². The molecule has 3 nitrogen and oxygen atoms in total. The number of amides is 1. The monoisotopic (exact) mass is 230 g/mol. The van der Waals surface area contributed by atoms with Gasteiger partial charge in [0.25, 0.3) is 0 Å². The molecule has 2 atom stereocenters. The van der Waals surface area contributed by atoms with Crippen LogP contribution in [0, 0.1) is 0 Å². The Bertz CT molecular complexity index is 199. The van der Waals surface area contributed by atoms with Gasteiger partial charge in [-0.2, -0.15) is 11.8 Å². The van der Waals surface area contributed by atoms with Gasteiger partial charge in [-0.05, 0) is 25.1 Å². The molecule has 0 radical (unpaired) electrons. The van der Waals surface area contributed by atoms with Gasteiger partial charge in [0.05, 0.1) is 6.54 Å². The Morgan fingerprint density at radius 2 is 2.20 bits per heavy atom. The molecule has 0 aliphatic heterocycles. The Morgan fingerprint density at radius 3 is 2.87 bits per heavy atom. The zero-order valence-corrected chi connectivity index (χ0v) is 10.5. The van der Waals surface area contributed by atoms with E-state index in [1.54, 1.807) is 0 Å². The van der Waals surface area contributed by atoms with Gasteiger partial charge in [0, 0.05) is 11.3 Å². The summed E-state index contributed by atoms with van der Waals surface area (Å²) in [4.78, 5) is 11.5. The molecular formula is C11H22N2OS. The molecule has 0 spiro atoms. The molecule has 1 amide bonds. The standard InChI is InChI=1S/C11H22N2OS/c1-3-12-8-11(14)13-9-6-5-7-10(9)15-4-2/h9-10,12H,3-8H2,1-2H3,(H,13,14). The van der Waals surface area contributed by atoms with Gasteiger partial charge in [0.2, 0.25) is 5.91 Å². The second-order valence-electron chi connectivity index (χ2n) is 3.88. The molecule has 4 heteroatoms. The smallest absolute Gasteiger partial charge is 0.234 e. The predicted molar refractivity (Wildman–Crippen MR) is 66.2 cm³/mol. The number of thioether (sulfide) groups is 1. The van der Waals surface area contributed by atoms with Crippen molar-refractivity contribution in [1.29, 1.82) is 0 Å². The number of carbonyl (C=O) groups is 1. The lowest BCUT2D eigenvalue weighted by Crippen LogP contribution is -2.43. The van der Waals surface area contributed by atoms with E-state index in [1.807, 2.05) is 18.7 Å². The molecule has 0 aromatic carbocycles. The van der Waals surface area contributed by atoms with Crippen LogP contribution in [0.15, 0.2) is 0 Å². The first kappa shape index (κ1) is 12.8. The number of carbonyl (C=O) groups excluding carboxylic acids is 1. The fourth-order valence-corrected chi connectivity index (χ4v) is 3.20. The van der Waals surface area contributed by atoms with Crippen molar-refractivity contribution in [2.24, 2.45) is 0 Å². The van der Waals surface area contributed by atoms with E-state index in [2.05, 4.69) is 17.6 Å². The number of nitrogens with one attached hydrogen (secondary N) is 2. The van der Waals surface area contributed by atoms with Gasteiger partial charge in [-0.25, -0.2) is 0 Å². The van der Waals surface area contributed by atoms with Crippen LogP contribution in [0.4, 0.5) is 0 Å². The number of rotatable bonds is 6. The molecule has 0 saturated heterocycles. The van der Waals surface area contributed by atoms with Crippen LogP contribution in [0.1, 0.15) is 33.1 Å². The Morgan fingerprint density at radius 1 is 1.40 bits per heavy atom. The molecule has 0 heterocycles. The van der Waals surface area contributed by atoms with Crippen molar-refractivity contribution < 1.29 is 4.79 Å². The highest BCUT2D eigenvalue weighted by molar-refractivity contribution is 7.99. The third kappa shape index (κ3) is 4.43. The van der Waals surface area contributed by atoms with Crippen molar-refractivity contribution in [3.8, 4) is 0 Å². The molecular weight excluding hydrogens is 208 g/mol. The molecule has 2 unspecified atom stereocenters. The lowest BCUT2D eigenvalue weighted by molar-refractivity contribution is -0.120. The summed E-state index contributed by atoms with van der Waals surface area (Å²) in [5, 5.41) is 6.82. The number of hydrogen-bond donors (Lipinski definition) is 2. The normalized spacial score (nSPS) is 25.5. The molecule has 1 fully saturated rings. The molecule has 0 bridgehead atoms. The third-order valence-electron chi connectivity index (χ3n) is 2.72. The fourth-order valence-electron chi connectivity index (χ4n) is 2.00. The summed E-state index contributed by atoms with van der Waals surface area (Å²) in [6.45, 7) is 5.50. The topological polar surface area (TPSA) is 41.1 Å². The maximum atomic E-state index is 11.5. The van der Waals surface area contributed by atoms with Gasteiger partial charge in [0.1, 0.15) is 0 Å². The van der Waals surface area contributed by atoms with Gasteiger partial charge in [-0.15, -0.1) is 0 Å². The summed E-state index contributed by atoms with van der Waals surface area (Å²) < 4.78 is 0. The molecule has 15 heavy (non-hydrogen) atoms. The summed E-state index contributed by atoms with van der Waals surface area (Å²) in [5.74, 6) is 1.29. The van der Waals surface area contributed by atoms with Crippen molar-refractivity contribution in [2.45, 2.75) is 44.4 Å². The van der Waals surface area contributed by atoms with Crippen molar-refractivity contribution in [3.05, 3.63) is 0 Å². The summed E-state index contributed by atoms with van der Waals surface area (Å²) in [7, 11) is 0. The quantitative estimate of drug-likeness (QED) is 0.724. The second-order valence-corrected chi connectivity index (χ2v) is 5.40. The van der Waals surface area contributed by atoms with Gasteiger partial charge in [0.15, 0.2) is 0 Å². The summed E-state index contributed by atoms with van der Waals surface area (Å²) in [6, 6.07) is 0.404. The van der Waals surface area contributed by atoms with Crippen molar-refractivity contribution in [2.75, 3.05) is 18.8 Å². The van der Waals surface area contributed by atoms with Crippen LogP contribution in [0.25, 0.3) is 0 Å². The van der Waals surface area contributed by atoms with Gasteiger partial charge in [-0.1, -0.05) is 20.3 Å². The Kier molecular flexibility index (Phi) is 6.10. The summed E-state index contributed by atoms with van der Waals surface area (Å²) in [5.41, 5.74) is 0. The van der Waals surface area contributed by atoms with Crippen LogP contribution in [0.2, 0.25) is 0 Å². The highest BCUT2D eigenvalue weighted by Crippen LogP contribution is 2.29. The summed E-state index contributed by atoms with van der Waals surface area (Å²) >= 11 is 1.98. The van der Waals surface area contributed by atoms with Crippen LogP contribution < -0.4 is 10.6 Å². The Labute approximate surface area is 96.8 Å². The lowest BCUT2D eigenvalue weighted by atomic mass is 10.2.